The van der Waals surface area contributed by atoms with Crippen molar-refractivity contribution in [3.8, 4) is 5.75 Å². The van der Waals surface area contributed by atoms with Crippen LogP contribution in [-0.2, 0) is 21.4 Å². The second-order valence-corrected chi connectivity index (χ2v) is 7.49. The normalized spacial score (nSPS) is 11.2. The van der Waals surface area contributed by atoms with E-state index in [1.54, 1.807) is 19.3 Å². The zero-order valence-electron chi connectivity index (χ0n) is 15.1. The molecule has 0 saturated carbocycles. The molecule has 0 aliphatic rings. The standard InChI is InChI=1S/C19H23N3O4S/c1-3-11-22(13-15-7-9-17(26-2)10-8-15)14-19(23)21-16-5-4-6-18(12-16)27(20,24)25/h3-10,12H,1,11,13-14H2,2H3,(H,21,23)(H2,20,24,25). The molecule has 1 amide bonds. The van der Waals surface area contributed by atoms with Gasteiger partial charge in [-0.15, -0.1) is 6.58 Å². The van der Waals surface area contributed by atoms with E-state index in [0.717, 1.165) is 11.3 Å². The van der Waals surface area contributed by atoms with Gasteiger partial charge in [-0.1, -0.05) is 24.3 Å². The molecule has 0 atom stereocenters. The highest BCUT2D eigenvalue weighted by Gasteiger charge is 2.13. The molecule has 3 N–H and O–H groups in total. The Morgan fingerprint density at radius 1 is 1.26 bits per heavy atom. The van der Waals surface area contributed by atoms with Gasteiger partial charge >= 0.3 is 0 Å². The Labute approximate surface area is 159 Å². The molecule has 0 spiro atoms. The van der Waals surface area contributed by atoms with E-state index >= 15 is 0 Å². The maximum atomic E-state index is 12.4. The van der Waals surface area contributed by atoms with Crippen molar-refractivity contribution in [3.05, 3.63) is 66.7 Å². The first kappa shape index (κ1) is 20.6. The van der Waals surface area contributed by atoms with E-state index in [4.69, 9.17) is 9.88 Å². The number of hydrogen-bond acceptors (Lipinski definition) is 5. The molecule has 0 aliphatic carbocycles. The van der Waals surface area contributed by atoms with E-state index < -0.39 is 10.0 Å². The molecule has 0 fully saturated rings. The van der Waals surface area contributed by atoms with E-state index in [1.165, 1.54) is 18.2 Å². The molecule has 2 aromatic carbocycles. The summed E-state index contributed by atoms with van der Waals surface area (Å²) >= 11 is 0. The lowest BCUT2D eigenvalue weighted by atomic mass is 10.2. The van der Waals surface area contributed by atoms with E-state index in [1.807, 2.05) is 29.2 Å². The molecule has 0 radical (unpaired) electrons. The van der Waals surface area contributed by atoms with Gasteiger partial charge in [0, 0.05) is 18.8 Å². The summed E-state index contributed by atoms with van der Waals surface area (Å²) in [6.45, 7) is 4.93. The van der Waals surface area contributed by atoms with Gasteiger partial charge in [-0.25, -0.2) is 13.6 Å². The summed E-state index contributed by atoms with van der Waals surface area (Å²) in [6.07, 6.45) is 1.72. The summed E-state index contributed by atoms with van der Waals surface area (Å²) in [7, 11) is -2.22. The Morgan fingerprint density at radius 3 is 2.56 bits per heavy atom. The van der Waals surface area contributed by atoms with Crippen LogP contribution in [0.15, 0.2) is 66.1 Å². The molecular formula is C19H23N3O4S. The second kappa shape index (κ2) is 9.31. The van der Waals surface area contributed by atoms with Gasteiger partial charge in [-0.3, -0.25) is 9.69 Å². The summed E-state index contributed by atoms with van der Waals surface area (Å²) < 4.78 is 28.0. The maximum Gasteiger partial charge on any atom is 0.238 e. The fourth-order valence-corrected chi connectivity index (χ4v) is 3.07. The lowest BCUT2D eigenvalue weighted by Crippen LogP contribution is -2.33. The molecule has 0 bridgehead atoms. The largest absolute Gasteiger partial charge is 0.497 e. The van der Waals surface area contributed by atoms with Crippen LogP contribution in [0.1, 0.15) is 5.56 Å². The third kappa shape index (κ3) is 6.52. The third-order valence-corrected chi connectivity index (χ3v) is 4.68. The maximum absolute atomic E-state index is 12.4. The molecule has 27 heavy (non-hydrogen) atoms. The average Bonchev–Trinajstić information content (AvgIpc) is 2.62. The lowest BCUT2D eigenvalue weighted by Gasteiger charge is -2.20. The molecule has 0 saturated heterocycles. The van der Waals surface area contributed by atoms with Crippen molar-refractivity contribution < 1.29 is 17.9 Å². The van der Waals surface area contributed by atoms with Gasteiger partial charge < -0.3 is 10.1 Å². The molecule has 8 heteroatoms. The average molecular weight is 389 g/mol. The minimum atomic E-state index is -3.82. The Balaban J connectivity index is 2.02. The molecule has 2 aromatic rings. The zero-order chi connectivity index (χ0) is 19.9. The molecule has 2 rings (SSSR count). The van der Waals surface area contributed by atoms with Crippen LogP contribution < -0.4 is 15.2 Å². The minimum absolute atomic E-state index is 0.0542. The highest BCUT2D eigenvalue weighted by atomic mass is 32.2. The van der Waals surface area contributed by atoms with Gasteiger partial charge in [0.2, 0.25) is 15.9 Å². The number of hydrogen-bond donors (Lipinski definition) is 2. The molecule has 144 valence electrons. The predicted molar refractivity (Wildman–Crippen MR) is 105 cm³/mol. The summed E-state index contributed by atoms with van der Waals surface area (Å²) in [4.78, 5) is 14.2. The number of methoxy groups -OCH3 is 1. The van der Waals surface area contributed by atoms with Gasteiger partial charge in [0.25, 0.3) is 0 Å². The van der Waals surface area contributed by atoms with Crippen LogP contribution >= 0.6 is 0 Å². The first-order valence-corrected chi connectivity index (χ1v) is 9.75. The number of nitrogens with one attached hydrogen (secondary N) is 1. The Morgan fingerprint density at radius 2 is 1.96 bits per heavy atom. The van der Waals surface area contributed by atoms with Crippen LogP contribution in [0.2, 0.25) is 0 Å². The minimum Gasteiger partial charge on any atom is -0.497 e. The number of benzene rings is 2. The molecule has 7 nitrogen and oxygen atoms in total. The van der Waals surface area contributed by atoms with Crippen LogP contribution in [0.5, 0.6) is 5.75 Å². The molecule has 0 aromatic heterocycles. The number of carbonyl (C=O) groups excluding carboxylic acids is 1. The third-order valence-electron chi connectivity index (χ3n) is 3.77. The first-order chi connectivity index (χ1) is 12.8. The van der Waals surface area contributed by atoms with E-state index in [0.29, 0.717) is 18.8 Å². The van der Waals surface area contributed by atoms with Gasteiger partial charge in [0.05, 0.1) is 18.6 Å². The SMILES string of the molecule is C=CCN(CC(=O)Nc1cccc(S(N)(=O)=O)c1)Cc1ccc(OC)cc1. The van der Waals surface area contributed by atoms with Crippen molar-refractivity contribution in [2.45, 2.75) is 11.4 Å². The number of primary sulfonamides is 1. The summed E-state index contributed by atoms with van der Waals surface area (Å²) in [5, 5.41) is 7.81. The van der Waals surface area contributed by atoms with Crippen LogP contribution in [0.3, 0.4) is 0 Å². The van der Waals surface area contributed by atoms with Crippen molar-refractivity contribution in [1.82, 2.24) is 4.90 Å². The van der Waals surface area contributed by atoms with Crippen molar-refractivity contribution in [3.63, 3.8) is 0 Å². The number of carbonyl (C=O) groups is 1. The molecule has 0 heterocycles. The Kier molecular flexibility index (Phi) is 7.12. The van der Waals surface area contributed by atoms with Gasteiger partial charge in [0.15, 0.2) is 0 Å². The van der Waals surface area contributed by atoms with Gasteiger partial charge in [-0.2, -0.15) is 0 Å². The van der Waals surface area contributed by atoms with Crippen molar-refractivity contribution in [1.29, 1.82) is 0 Å². The molecular weight excluding hydrogens is 366 g/mol. The van der Waals surface area contributed by atoms with Crippen LogP contribution in [0, 0.1) is 0 Å². The predicted octanol–water partition coefficient (Wildman–Crippen LogP) is 1.97. The van der Waals surface area contributed by atoms with Crippen molar-refractivity contribution >= 4 is 21.6 Å². The van der Waals surface area contributed by atoms with Crippen molar-refractivity contribution in [2.75, 3.05) is 25.5 Å². The highest BCUT2D eigenvalue weighted by molar-refractivity contribution is 7.89. The van der Waals surface area contributed by atoms with Crippen molar-refractivity contribution in [2.24, 2.45) is 5.14 Å². The number of sulfonamides is 1. The van der Waals surface area contributed by atoms with E-state index in [2.05, 4.69) is 11.9 Å². The fourth-order valence-electron chi connectivity index (χ4n) is 2.51. The summed E-state index contributed by atoms with van der Waals surface area (Å²) in [6, 6.07) is 13.4. The number of anilines is 1. The van der Waals surface area contributed by atoms with Gasteiger partial charge in [-0.05, 0) is 35.9 Å². The molecule has 0 unspecified atom stereocenters. The quantitative estimate of drug-likeness (QED) is 0.639. The second-order valence-electron chi connectivity index (χ2n) is 5.93. The van der Waals surface area contributed by atoms with Crippen LogP contribution in [0.4, 0.5) is 5.69 Å². The number of amides is 1. The molecule has 0 aliphatic heterocycles. The first-order valence-electron chi connectivity index (χ1n) is 8.20. The number of nitrogens with two attached hydrogens (primary N) is 1. The van der Waals surface area contributed by atoms with Crippen LogP contribution in [0.25, 0.3) is 0 Å². The number of ether oxygens (including phenoxy) is 1. The topological polar surface area (TPSA) is 102 Å². The van der Waals surface area contributed by atoms with Crippen LogP contribution in [-0.4, -0.2) is 39.4 Å². The van der Waals surface area contributed by atoms with E-state index in [-0.39, 0.29) is 17.3 Å². The summed E-state index contributed by atoms with van der Waals surface area (Å²) in [5.74, 6) is 0.499. The number of rotatable bonds is 9. The Bertz CT molecular complexity index is 895. The summed E-state index contributed by atoms with van der Waals surface area (Å²) in [5.41, 5.74) is 1.40. The number of nitrogens with zero attached hydrogens (tertiary/aromatic N) is 1. The Hall–Kier alpha value is -2.68. The smallest absolute Gasteiger partial charge is 0.238 e. The zero-order valence-corrected chi connectivity index (χ0v) is 15.9. The highest BCUT2D eigenvalue weighted by Crippen LogP contribution is 2.15. The van der Waals surface area contributed by atoms with Gasteiger partial charge in [0.1, 0.15) is 5.75 Å². The van der Waals surface area contributed by atoms with E-state index in [9.17, 15) is 13.2 Å². The fraction of sp³-hybridized carbons (Fsp3) is 0.211. The monoisotopic (exact) mass is 389 g/mol. The lowest BCUT2D eigenvalue weighted by molar-refractivity contribution is -0.117.